The summed E-state index contributed by atoms with van der Waals surface area (Å²) in [5.74, 6) is 0. The second-order valence-electron chi connectivity index (χ2n) is 5.39. The zero-order chi connectivity index (χ0) is 18.9. The van der Waals surface area contributed by atoms with Crippen LogP contribution < -0.4 is 4.72 Å². The van der Waals surface area contributed by atoms with Crippen molar-refractivity contribution >= 4 is 25.9 Å². The van der Waals surface area contributed by atoms with E-state index in [-0.39, 0.29) is 30.9 Å². The van der Waals surface area contributed by atoms with Gasteiger partial charge in [-0.05, 0) is 18.1 Å². The first-order valence-corrected chi connectivity index (χ1v) is 10.3. The Labute approximate surface area is 144 Å². The van der Waals surface area contributed by atoms with Crippen LogP contribution in [0, 0.1) is 0 Å². The number of hydrogen-bond acceptors (Lipinski definition) is 4. The Bertz CT molecular complexity index is 825. The van der Waals surface area contributed by atoms with Crippen LogP contribution in [0.1, 0.15) is 18.9 Å². The van der Waals surface area contributed by atoms with E-state index in [1.807, 2.05) is 0 Å². The number of sulfonamides is 1. The fourth-order valence-electron chi connectivity index (χ4n) is 2.45. The first-order chi connectivity index (χ1) is 11.5. The number of nitrogens with zero attached hydrogens (tertiary/aromatic N) is 2. The summed E-state index contributed by atoms with van der Waals surface area (Å²) in [6.45, 7) is 2.32. The lowest BCUT2D eigenvalue weighted by atomic mass is 10.2. The molecular formula is C13H18F3N3O4S2. The molecular weight excluding hydrogens is 383 g/mol. The fraction of sp³-hybridized carbons (Fsp3) is 0.538. The van der Waals surface area contributed by atoms with Gasteiger partial charge >= 0.3 is 15.5 Å². The minimum absolute atomic E-state index is 0.136. The Morgan fingerprint density at radius 2 is 1.76 bits per heavy atom. The number of benzene rings is 1. The van der Waals surface area contributed by atoms with Gasteiger partial charge in [-0.2, -0.15) is 38.6 Å². The molecule has 25 heavy (non-hydrogen) atoms. The highest BCUT2D eigenvalue weighted by atomic mass is 32.2. The van der Waals surface area contributed by atoms with Gasteiger partial charge in [0.25, 0.3) is 10.2 Å². The molecule has 1 heterocycles. The number of nitrogens with one attached hydrogen (secondary N) is 1. The Morgan fingerprint density at radius 1 is 1.16 bits per heavy atom. The minimum atomic E-state index is -5.59. The fourth-order valence-corrected chi connectivity index (χ4v) is 4.73. The first kappa shape index (κ1) is 19.9. The highest BCUT2D eigenvalue weighted by Crippen LogP contribution is 2.28. The predicted octanol–water partition coefficient (Wildman–Crippen LogP) is 1.72. The van der Waals surface area contributed by atoms with Crippen LogP contribution in [-0.2, 0) is 26.8 Å². The summed E-state index contributed by atoms with van der Waals surface area (Å²) in [7, 11) is -9.32. The summed E-state index contributed by atoms with van der Waals surface area (Å²) < 4.78 is 89.1. The van der Waals surface area contributed by atoms with Crippen molar-refractivity contribution in [3.05, 3.63) is 29.8 Å². The van der Waals surface area contributed by atoms with Crippen LogP contribution in [0.4, 0.5) is 18.9 Å². The number of anilines is 1. The van der Waals surface area contributed by atoms with Gasteiger partial charge in [-0.25, -0.2) is 0 Å². The van der Waals surface area contributed by atoms with Crippen LogP contribution in [0.2, 0.25) is 0 Å². The minimum Gasteiger partial charge on any atom is -0.276 e. The zero-order valence-electron chi connectivity index (χ0n) is 13.3. The third-order valence-electron chi connectivity index (χ3n) is 3.73. The van der Waals surface area contributed by atoms with E-state index >= 15 is 0 Å². The molecule has 12 heteroatoms. The molecule has 1 aromatic rings. The Hall–Kier alpha value is -1.37. The average molecular weight is 401 g/mol. The normalized spacial score (nSPS) is 19.7. The summed E-state index contributed by atoms with van der Waals surface area (Å²) in [5.41, 5.74) is -5.63. The van der Waals surface area contributed by atoms with Crippen LogP contribution >= 0.6 is 0 Å². The number of para-hydroxylation sites is 1. The average Bonchev–Trinajstić information content (AvgIpc) is 2.49. The summed E-state index contributed by atoms with van der Waals surface area (Å²) in [4.78, 5) is 0. The third kappa shape index (κ3) is 4.25. The van der Waals surface area contributed by atoms with Gasteiger partial charge in [0.05, 0.1) is 5.69 Å². The van der Waals surface area contributed by atoms with Crippen LogP contribution in [0.3, 0.4) is 0 Å². The monoisotopic (exact) mass is 401 g/mol. The van der Waals surface area contributed by atoms with E-state index in [2.05, 4.69) is 0 Å². The van der Waals surface area contributed by atoms with Gasteiger partial charge in [-0.3, -0.25) is 4.72 Å². The molecule has 1 aromatic carbocycles. The van der Waals surface area contributed by atoms with Gasteiger partial charge in [0.2, 0.25) is 0 Å². The van der Waals surface area contributed by atoms with Crippen LogP contribution in [0.25, 0.3) is 0 Å². The van der Waals surface area contributed by atoms with E-state index in [0.717, 1.165) is 10.4 Å². The van der Waals surface area contributed by atoms with Gasteiger partial charge < -0.3 is 0 Å². The van der Waals surface area contributed by atoms with Crippen molar-refractivity contribution in [3.63, 3.8) is 0 Å². The van der Waals surface area contributed by atoms with Crippen LogP contribution in [0.5, 0.6) is 0 Å². The van der Waals surface area contributed by atoms with Crippen molar-refractivity contribution in [1.82, 2.24) is 8.61 Å². The van der Waals surface area contributed by atoms with Gasteiger partial charge in [0, 0.05) is 26.2 Å². The molecule has 0 atom stereocenters. The summed E-state index contributed by atoms with van der Waals surface area (Å²) in [6.07, 6.45) is 0.573. The predicted molar refractivity (Wildman–Crippen MR) is 86.2 cm³/mol. The van der Waals surface area contributed by atoms with E-state index in [1.165, 1.54) is 27.2 Å². The van der Waals surface area contributed by atoms with Crippen molar-refractivity contribution in [2.24, 2.45) is 0 Å². The van der Waals surface area contributed by atoms with Crippen molar-refractivity contribution in [2.45, 2.75) is 25.4 Å². The van der Waals surface area contributed by atoms with E-state index < -0.39 is 25.7 Å². The third-order valence-corrected chi connectivity index (χ3v) is 6.89. The maximum atomic E-state index is 12.6. The number of halogens is 3. The van der Waals surface area contributed by atoms with Gasteiger partial charge in [-0.1, -0.05) is 25.1 Å². The molecule has 0 spiro atoms. The quantitative estimate of drug-likeness (QED) is 0.814. The molecule has 1 aliphatic rings. The van der Waals surface area contributed by atoms with Crippen LogP contribution in [-0.4, -0.2) is 50.6 Å². The summed E-state index contributed by atoms with van der Waals surface area (Å²) in [5, 5.41) is 0. The molecule has 1 N–H and O–H groups in total. The Balaban J connectivity index is 2.30. The molecule has 0 aromatic heterocycles. The second-order valence-corrected chi connectivity index (χ2v) is 9.00. The molecule has 0 amide bonds. The lowest BCUT2D eigenvalue weighted by Crippen LogP contribution is -2.49. The van der Waals surface area contributed by atoms with Crippen molar-refractivity contribution < 1.29 is 30.0 Å². The lowest BCUT2D eigenvalue weighted by Gasteiger charge is -2.34. The molecule has 0 saturated carbocycles. The molecule has 0 radical (unpaired) electrons. The van der Waals surface area contributed by atoms with Gasteiger partial charge in [-0.15, -0.1) is 0 Å². The number of alkyl halides is 3. The van der Waals surface area contributed by atoms with Gasteiger partial charge in [0.1, 0.15) is 0 Å². The molecule has 0 aliphatic carbocycles. The maximum absolute atomic E-state index is 12.6. The SMILES string of the molecule is CCN1CCCN(Cc2ccccc2NS(=O)(=O)C(F)(F)F)S1(=O)=O. The van der Waals surface area contributed by atoms with E-state index in [4.69, 9.17) is 0 Å². The molecule has 1 saturated heterocycles. The highest BCUT2D eigenvalue weighted by molar-refractivity contribution is 7.93. The smallest absolute Gasteiger partial charge is 0.276 e. The van der Waals surface area contributed by atoms with Gasteiger partial charge in [0.15, 0.2) is 0 Å². The highest BCUT2D eigenvalue weighted by Gasteiger charge is 2.46. The Kier molecular flexibility index (Phi) is 5.66. The molecule has 0 bridgehead atoms. The van der Waals surface area contributed by atoms with E-state index in [0.29, 0.717) is 13.0 Å². The standard InChI is InChI=1S/C13H18F3N3O4S2/c1-2-18-8-5-9-19(25(18,22)23)10-11-6-3-4-7-12(11)17-24(20,21)13(14,15)16/h3-4,6-7,17H,2,5,8-10H2,1H3. The zero-order valence-corrected chi connectivity index (χ0v) is 15.0. The van der Waals surface area contributed by atoms with E-state index in [9.17, 15) is 30.0 Å². The summed E-state index contributed by atoms with van der Waals surface area (Å²) in [6, 6.07) is 5.40. The molecule has 7 nitrogen and oxygen atoms in total. The number of hydrogen-bond donors (Lipinski definition) is 1. The topological polar surface area (TPSA) is 86.8 Å². The largest absolute Gasteiger partial charge is 0.516 e. The van der Waals surface area contributed by atoms with E-state index in [1.54, 1.807) is 6.92 Å². The van der Waals surface area contributed by atoms with Crippen molar-refractivity contribution in [2.75, 3.05) is 24.4 Å². The number of rotatable bonds is 5. The second kappa shape index (κ2) is 7.09. The maximum Gasteiger partial charge on any atom is 0.516 e. The van der Waals surface area contributed by atoms with Crippen LogP contribution in [0.15, 0.2) is 24.3 Å². The molecule has 1 aliphatic heterocycles. The first-order valence-electron chi connectivity index (χ1n) is 7.41. The Morgan fingerprint density at radius 3 is 2.36 bits per heavy atom. The summed E-state index contributed by atoms with van der Waals surface area (Å²) >= 11 is 0. The van der Waals surface area contributed by atoms with Crippen molar-refractivity contribution in [1.29, 1.82) is 0 Å². The lowest BCUT2D eigenvalue weighted by molar-refractivity contribution is -0.0429. The molecule has 1 fully saturated rings. The molecule has 0 unspecified atom stereocenters. The molecule has 2 rings (SSSR count). The molecule has 142 valence electrons. The van der Waals surface area contributed by atoms with Crippen molar-refractivity contribution in [3.8, 4) is 0 Å².